The highest BCUT2D eigenvalue weighted by atomic mass is 32.2. The number of nitrogens with zero attached hydrogens (tertiary/aromatic N) is 1. The van der Waals surface area contributed by atoms with Crippen LogP contribution in [0, 0.1) is 0 Å². The predicted molar refractivity (Wildman–Crippen MR) is 331 cm³/mol. The van der Waals surface area contributed by atoms with Gasteiger partial charge in [0.1, 0.15) is 36.3 Å². The summed E-state index contributed by atoms with van der Waals surface area (Å²) in [5.74, 6) is -5.41. The molecule has 8 rings (SSSR count). The molecule has 0 unspecified atom stereocenters. The number of unbranched alkanes of at least 4 members (excludes halogenated alkanes) is 1. The SMILES string of the molecule is CSCC[C@H](NC(=O)[C@H](Cc1c[nH]c2ccccc12)NC(=O)[C@H](Cc1c[nH]c2ccccc12)NC(=O)[C@H](CCCN=C(N)N)NC(=O)[C@H](Cc1c[nH]c2ccccc12)NC(=O)[C@H](Cc1c[nH]c2ccccc12)NC(=O)[C@@H](N)CCCCN)C(=O)O. The van der Waals surface area contributed by atoms with Crippen molar-refractivity contribution in [3.63, 3.8) is 0 Å². The Balaban J connectivity index is 1.12. The number of aromatic amines is 4. The number of fused-ring (bicyclic) bond motifs is 4. The number of benzene rings is 4. The van der Waals surface area contributed by atoms with E-state index < -0.39 is 83.7 Å². The first kappa shape index (κ1) is 61.9. The number of nitrogens with two attached hydrogens (primary N) is 4. The van der Waals surface area contributed by atoms with E-state index in [0.717, 1.165) is 49.2 Å². The lowest BCUT2D eigenvalue weighted by atomic mass is 10.00. The van der Waals surface area contributed by atoms with Gasteiger partial charge in [-0.1, -0.05) is 79.2 Å². The van der Waals surface area contributed by atoms with Gasteiger partial charge in [-0.3, -0.25) is 33.8 Å². The molecular formula is C61H75N15O8S. The van der Waals surface area contributed by atoms with Crippen molar-refractivity contribution in [3.05, 3.63) is 144 Å². The van der Waals surface area contributed by atoms with Crippen LogP contribution < -0.4 is 54.8 Å². The van der Waals surface area contributed by atoms with Gasteiger partial charge in [-0.15, -0.1) is 0 Å². The van der Waals surface area contributed by atoms with Crippen LogP contribution in [0.3, 0.4) is 0 Å². The molecule has 448 valence electrons. The van der Waals surface area contributed by atoms with Crippen molar-refractivity contribution in [3.8, 4) is 0 Å². The zero-order chi connectivity index (χ0) is 60.4. The minimum absolute atomic E-state index is 0.0106. The number of para-hydroxylation sites is 4. The van der Waals surface area contributed by atoms with Gasteiger partial charge in [0.05, 0.1) is 6.04 Å². The first-order valence-electron chi connectivity index (χ1n) is 28.4. The highest BCUT2D eigenvalue weighted by Crippen LogP contribution is 2.24. The number of thioether (sulfide) groups is 1. The van der Waals surface area contributed by atoms with Crippen molar-refractivity contribution < 1.29 is 38.7 Å². The number of carbonyl (C=O) groups is 7. The van der Waals surface area contributed by atoms with E-state index in [0.29, 0.717) is 48.3 Å². The van der Waals surface area contributed by atoms with E-state index in [1.165, 1.54) is 11.8 Å². The number of aromatic nitrogens is 4. The molecule has 0 aliphatic carbocycles. The van der Waals surface area contributed by atoms with Gasteiger partial charge in [-0.2, -0.15) is 11.8 Å². The van der Waals surface area contributed by atoms with Gasteiger partial charge in [-0.05, 0) is 97.2 Å². The third kappa shape index (κ3) is 16.6. The molecule has 0 fully saturated rings. The van der Waals surface area contributed by atoms with Crippen LogP contribution in [0.25, 0.3) is 43.6 Å². The van der Waals surface area contributed by atoms with Crippen molar-refractivity contribution >= 4 is 103 Å². The number of carbonyl (C=O) groups excluding carboxylic acids is 6. The minimum atomic E-state index is -1.41. The molecule has 8 aromatic rings. The maximum absolute atomic E-state index is 15.2. The van der Waals surface area contributed by atoms with Crippen molar-refractivity contribution in [2.75, 3.05) is 25.1 Å². The number of hydrogen-bond donors (Lipinski definition) is 15. The molecule has 0 saturated heterocycles. The molecule has 23 nitrogen and oxygen atoms in total. The molecule has 0 bridgehead atoms. The zero-order valence-corrected chi connectivity index (χ0v) is 48.1. The van der Waals surface area contributed by atoms with Gasteiger partial charge >= 0.3 is 5.97 Å². The number of amides is 6. The highest BCUT2D eigenvalue weighted by Gasteiger charge is 2.35. The first-order valence-corrected chi connectivity index (χ1v) is 29.7. The molecule has 0 saturated carbocycles. The Labute approximate surface area is 494 Å². The van der Waals surface area contributed by atoms with Crippen LogP contribution in [-0.2, 0) is 59.2 Å². The van der Waals surface area contributed by atoms with Gasteiger partial charge in [0.2, 0.25) is 35.4 Å². The van der Waals surface area contributed by atoms with E-state index in [-0.39, 0.29) is 57.5 Å². The molecule has 0 spiro atoms. The minimum Gasteiger partial charge on any atom is -0.480 e. The van der Waals surface area contributed by atoms with Gasteiger partial charge in [0.15, 0.2) is 5.96 Å². The molecule has 4 aromatic carbocycles. The third-order valence-electron chi connectivity index (χ3n) is 15.0. The molecule has 4 heterocycles. The second-order valence-corrected chi connectivity index (χ2v) is 22.1. The Kier molecular flexibility index (Phi) is 21.8. The van der Waals surface area contributed by atoms with Crippen molar-refractivity contribution in [1.82, 2.24) is 51.8 Å². The third-order valence-corrected chi connectivity index (χ3v) is 15.7. The van der Waals surface area contributed by atoms with Crippen LogP contribution in [0.2, 0.25) is 0 Å². The Hall–Kier alpha value is -9.13. The van der Waals surface area contributed by atoms with Crippen molar-refractivity contribution in [2.45, 2.75) is 107 Å². The van der Waals surface area contributed by atoms with Crippen LogP contribution in [0.4, 0.5) is 0 Å². The summed E-state index contributed by atoms with van der Waals surface area (Å²) in [7, 11) is 0. The summed E-state index contributed by atoms with van der Waals surface area (Å²) < 4.78 is 0. The van der Waals surface area contributed by atoms with E-state index in [1.54, 1.807) is 24.8 Å². The molecule has 7 atom stereocenters. The monoisotopic (exact) mass is 1180 g/mol. The van der Waals surface area contributed by atoms with E-state index in [2.05, 4.69) is 56.8 Å². The van der Waals surface area contributed by atoms with Crippen molar-refractivity contribution in [1.29, 1.82) is 0 Å². The number of guanidine groups is 1. The first-order chi connectivity index (χ1) is 41.1. The van der Waals surface area contributed by atoms with Crippen LogP contribution in [0.1, 0.15) is 60.8 Å². The summed E-state index contributed by atoms with van der Waals surface area (Å²) in [6.07, 6.45) is 10.3. The lowest BCUT2D eigenvalue weighted by Gasteiger charge is -2.28. The second-order valence-electron chi connectivity index (χ2n) is 21.1. The molecule has 0 aliphatic rings. The largest absolute Gasteiger partial charge is 0.480 e. The summed E-state index contributed by atoms with van der Waals surface area (Å²) in [5.41, 5.74) is 29.3. The fourth-order valence-electron chi connectivity index (χ4n) is 10.5. The fourth-order valence-corrected chi connectivity index (χ4v) is 10.9. The zero-order valence-electron chi connectivity index (χ0n) is 47.3. The quantitative estimate of drug-likeness (QED) is 0.0164. The maximum Gasteiger partial charge on any atom is 0.326 e. The molecule has 4 aromatic heterocycles. The summed E-state index contributed by atoms with van der Waals surface area (Å²) >= 11 is 1.42. The summed E-state index contributed by atoms with van der Waals surface area (Å²) in [6.45, 7) is 0.475. The maximum atomic E-state index is 15.2. The number of H-pyrrole nitrogens is 4. The Morgan fingerprint density at radius 2 is 0.812 bits per heavy atom. The highest BCUT2D eigenvalue weighted by molar-refractivity contribution is 7.98. The molecule has 6 amide bonds. The van der Waals surface area contributed by atoms with Crippen LogP contribution >= 0.6 is 11.8 Å². The molecule has 85 heavy (non-hydrogen) atoms. The molecule has 0 radical (unpaired) electrons. The van der Waals surface area contributed by atoms with Crippen LogP contribution in [-0.4, -0.2) is 140 Å². The molecule has 19 N–H and O–H groups in total. The predicted octanol–water partition coefficient (Wildman–Crippen LogP) is 3.14. The summed E-state index contributed by atoms with van der Waals surface area (Å²) in [6, 6.07) is 20.7. The number of rotatable bonds is 32. The molecular weight excluding hydrogens is 1100 g/mol. The topological polar surface area (TPSA) is 392 Å². The van der Waals surface area contributed by atoms with E-state index >= 15 is 14.4 Å². The van der Waals surface area contributed by atoms with Crippen molar-refractivity contribution in [2.24, 2.45) is 27.9 Å². The number of aliphatic imine (C=N–C) groups is 1. The Morgan fingerprint density at radius 3 is 1.16 bits per heavy atom. The van der Waals surface area contributed by atoms with E-state index in [1.807, 2.05) is 103 Å². The number of carboxylic acids is 1. The average molecular weight is 1180 g/mol. The smallest absolute Gasteiger partial charge is 0.326 e. The Morgan fingerprint density at radius 1 is 0.471 bits per heavy atom. The fraction of sp³-hybridized carbons (Fsp3) is 0.344. The Bertz CT molecular complexity index is 3640. The van der Waals surface area contributed by atoms with Gasteiger partial charge in [0.25, 0.3) is 0 Å². The van der Waals surface area contributed by atoms with E-state index in [4.69, 9.17) is 22.9 Å². The number of aliphatic carboxylic acids is 1. The van der Waals surface area contributed by atoms with Gasteiger partial charge in [0, 0.05) is 101 Å². The number of carboxylic acid groups (broad SMARTS) is 1. The average Bonchev–Trinajstić information content (AvgIpc) is 4.06. The number of nitrogens with one attached hydrogen (secondary N) is 10. The summed E-state index contributed by atoms with van der Waals surface area (Å²) in [4.78, 5) is 118. The second kappa shape index (κ2) is 29.9. The lowest BCUT2D eigenvalue weighted by Crippen LogP contribution is -2.60. The van der Waals surface area contributed by atoms with Crippen LogP contribution in [0.5, 0.6) is 0 Å². The molecule has 0 aliphatic heterocycles. The van der Waals surface area contributed by atoms with Crippen LogP contribution in [0.15, 0.2) is 127 Å². The van der Waals surface area contributed by atoms with E-state index in [9.17, 15) is 24.3 Å². The standard InChI is InChI=1S/C61H75N15O8S/c1-85-26-23-49(60(83)84)72-57(80)52(29-37-33-69-46-20-8-4-15-41(37)46)76-59(82)53(30-38-34-70-47-21-9-5-16-42(38)47)74-55(78)48(22-12-25-66-61(64)65)71-56(79)51(28-36-32-68-45-19-7-3-14-40(36)45)75-58(81)50(73-54(77)43(63)17-10-11-24-62)27-35-31-67-44-18-6-2-13-39(35)44/h2-9,13-16,18-21,31-34,43,48-53,67-70H,10-12,17,22-30,62-63H2,1H3,(H,71,79)(H,72,80)(H,73,77)(H,74,78)(H,75,81)(H,76,82)(H,83,84)(H4,64,65,66)/t43-,48-,49-,50-,51-,52-,53-/m0/s1. The molecule has 24 heteroatoms. The summed E-state index contributed by atoms with van der Waals surface area (Å²) in [5, 5.41) is 30.3. The lowest BCUT2D eigenvalue weighted by molar-refractivity contribution is -0.142. The normalized spacial score (nSPS) is 13.9. The van der Waals surface area contributed by atoms with Gasteiger partial charge in [-0.25, -0.2) is 4.79 Å². The number of hydrogen-bond acceptors (Lipinski definition) is 11. The van der Waals surface area contributed by atoms with Gasteiger partial charge < -0.3 is 79.9 Å².